The zero-order chi connectivity index (χ0) is 18.9. The molecule has 1 amide bonds. The topological polar surface area (TPSA) is 60.5 Å². The molecule has 0 radical (unpaired) electrons. The van der Waals surface area contributed by atoms with Crippen molar-refractivity contribution in [1.82, 2.24) is 10.3 Å². The molecule has 5 nitrogen and oxygen atoms in total. The van der Waals surface area contributed by atoms with E-state index in [9.17, 15) is 4.79 Å². The molecule has 0 bridgehead atoms. The van der Waals surface area contributed by atoms with Crippen molar-refractivity contribution in [2.24, 2.45) is 0 Å². The van der Waals surface area contributed by atoms with Gasteiger partial charge in [-0.05, 0) is 36.8 Å². The summed E-state index contributed by atoms with van der Waals surface area (Å²) in [7, 11) is 0. The minimum atomic E-state index is -0.218. The zero-order valence-corrected chi connectivity index (χ0v) is 15.1. The molecule has 0 fully saturated rings. The molecule has 0 aliphatic rings. The minimum Gasteiger partial charge on any atom is -0.484 e. The van der Waals surface area contributed by atoms with E-state index in [1.165, 1.54) is 0 Å². The Morgan fingerprint density at radius 3 is 2.81 bits per heavy atom. The van der Waals surface area contributed by atoms with Crippen LogP contribution in [0.5, 0.6) is 11.5 Å². The molecule has 3 rings (SSSR count). The summed E-state index contributed by atoms with van der Waals surface area (Å²) >= 11 is 0. The van der Waals surface area contributed by atoms with Gasteiger partial charge in [-0.1, -0.05) is 42.2 Å². The van der Waals surface area contributed by atoms with Gasteiger partial charge in [-0.2, -0.15) is 0 Å². The number of aryl methyl sites for hydroxylation is 1. The Hall–Kier alpha value is -3.52. The highest BCUT2D eigenvalue weighted by atomic mass is 16.5. The molecule has 1 aromatic heterocycles. The monoisotopic (exact) mass is 360 g/mol. The largest absolute Gasteiger partial charge is 0.484 e. The highest BCUT2D eigenvalue weighted by Crippen LogP contribution is 2.22. The Kier molecular flexibility index (Phi) is 6.26. The summed E-state index contributed by atoms with van der Waals surface area (Å²) in [5.41, 5.74) is 1.89. The van der Waals surface area contributed by atoms with Gasteiger partial charge in [0.2, 0.25) is 0 Å². The number of hydrogen-bond acceptors (Lipinski definition) is 4. The first kappa shape index (κ1) is 18.3. The van der Waals surface area contributed by atoms with Gasteiger partial charge in [-0.3, -0.25) is 9.78 Å². The molecule has 0 atom stereocenters. The van der Waals surface area contributed by atoms with E-state index in [1.807, 2.05) is 61.5 Å². The maximum Gasteiger partial charge on any atom is 0.258 e. The Labute approximate surface area is 158 Å². The fourth-order valence-electron chi connectivity index (χ4n) is 2.47. The number of rotatable bonds is 6. The lowest BCUT2D eigenvalue weighted by Crippen LogP contribution is -2.29. The quantitative estimate of drug-likeness (QED) is 0.686. The summed E-state index contributed by atoms with van der Waals surface area (Å²) in [6.45, 7) is 2.40. The molecule has 0 saturated carbocycles. The van der Waals surface area contributed by atoms with Crippen molar-refractivity contribution in [3.05, 3.63) is 66.4 Å². The number of hydrogen-bond donors (Lipinski definition) is 1. The number of amides is 1. The predicted molar refractivity (Wildman–Crippen MR) is 105 cm³/mol. The lowest BCUT2D eigenvalue weighted by molar-refractivity contribution is -0.122. The van der Waals surface area contributed by atoms with Crippen molar-refractivity contribution >= 4 is 16.8 Å². The molecule has 3 aromatic rings. The molecule has 0 spiro atoms. The maximum absolute atomic E-state index is 11.8. The van der Waals surface area contributed by atoms with E-state index in [-0.39, 0.29) is 25.7 Å². The molecular weight excluding hydrogens is 340 g/mol. The third-order valence-corrected chi connectivity index (χ3v) is 3.75. The average molecular weight is 360 g/mol. The van der Waals surface area contributed by atoms with Crippen LogP contribution in [-0.2, 0) is 4.79 Å². The van der Waals surface area contributed by atoms with E-state index in [1.54, 1.807) is 6.20 Å². The second kappa shape index (κ2) is 9.25. The van der Waals surface area contributed by atoms with Gasteiger partial charge in [-0.15, -0.1) is 0 Å². The molecular formula is C22H20N2O3. The molecule has 1 heterocycles. The number of ether oxygens (including phenoxy) is 2. The Bertz CT molecular complexity index is 984. The second-order valence-corrected chi connectivity index (χ2v) is 5.86. The van der Waals surface area contributed by atoms with Crippen LogP contribution in [-0.4, -0.2) is 30.6 Å². The van der Waals surface area contributed by atoms with E-state index in [0.717, 1.165) is 16.5 Å². The molecule has 5 heteroatoms. The third kappa shape index (κ3) is 5.48. The normalized spacial score (nSPS) is 9.96. The number of benzene rings is 2. The summed E-state index contributed by atoms with van der Waals surface area (Å²) in [5, 5.41) is 3.71. The van der Waals surface area contributed by atoms with Crippen LogP contribution in [0.2, 0.25) is 0 Å². The van der Waals surface area contributed by atoms with Crippen molar-refractivity contribution < 1.29 is 14.3 Å². The molecule has 0 saturated heterocycles. The van der Waals surface area contributed by atoms with Gasteiger partial charge >= 0.3 is 0 Å². The van der Waals surface area contributed by atoms with Crippen molar-refractivity contribution in [3.8, 4) is 23.3 Å². The number of aromatic nitrogens is 1. The standard InChI is InChI=1S/C22H20N2O3/c1-17-7-4-10-19(15-17)27-16-21(25)23-12-2-3-14-26-20-11-5-8-18-9-6-13-24-22(18)20/h4-11,13,15H,12,14,16H2,1H3,(H,23,25). The number of fused-ring (bicyclic) bond motifs is 1. The molecule has 0 aliphatic carbocycles. The first-order valence-corrected chi connectivity index (χ1v) is 8.61. The number of carbonyl (C=O) groups excluding carboxylic acids is 1. The van der Waals surface area contributed by atoms with Crippen LogP contribution in [0.25, 0.3) is 10.9 Å². The first-order chi connectivity index (χ1) is 13.2. The van der Waals surface area contributed by atoms with Crippen molar-refractivity contribution in [1.29, 1.82) is 0 Å². The van der Waals surface area contributed by atoms with Gasteiger partial charge in [0.15, 0.2) is 6.61 Å². The average Bonchev–Trinajstić information content (AvgIpc) is 2.69. The smallest absolute Gasteiger partial charge is 0.258 e. The SMILES string of the molecule is Cc1cccc(OCC(=O)NCC#CCOc2cccc3cccnc23)c1. The van der Waals surface area contributed by atoms with E-state index in [4.69, 9.17) is 9.47 Å². The molecule has 0 unspecified atom stereocenters. The molecule has 136 valence electrons. The van der Waals surface area contributed by atoms with E-state index >= 15 is 0 Å². The van der Waals surface area contributed by atoms with Crippen molar-refractivity contribution in [3.63, 3.8) is 0 Å². The number of para-hydroxylation sites is 1. The number of pyridine rings is 1. The van der Waals surface area contributed by atoms with Gasteiger partial charge in [-0.25, -0.2) is 0 Å². The van der Waals surface area contributed by atoms with Gasteiger partial charge in [0.05, 0.1) is 6.54 Å². The number of nitrogens with zero attached hydrogens (tertiary/aromatic N) is 1. The van der Waals surface area contributed by atoms with Gasteiger partial charge in [0, 0.05) is 11.6 Å². The molecule has 27 heavy (non-hydrogen) atoms. The van der Waals surface area contributed by atoms with Crippen LogP contribution >= 0.6 is 0 Å². The number of carbonyl (C=O) groups is 1. The lowest BCUT2D eigenvalue weighted by atomic mass is 10.2. The third-order valence-electron chi connectivity index (χ3n) is 3.75. The molecule has 0 aliphatic heterocycles. The van der Waals surface area contributed by atoms with Crippen molar-refractivity contribution in [2.75, 3.05) is 19.8 Å². The highest BCUT2D eigenvalue weighted by Gasteiger charge is 2.02. The zero-order valence-electron chi connectivity index (χ0n) is 15.1. The summed E-state index contributed by atoms with van der Waals surface area (Å²) in [6.07, 6.45) is 1.73. The minimum absolute atomic E-state index is 0.0384. The van der Waals surface area contributed by atoms with Crippen LogP contribution in [0, 0.1) is 18.8 Å². The van der Waals surface area contributed by atoms with Crippen LogP contribution in [0.15, 0.2) is 60.8 Å². The van der Waals surface area contributed by atoms with Crippen LogP contribution in [0.1, 0.15) is 5.56 Å². The van der Waals surface area contributed by atoms with Gasteiger partial charge in [0.1, 0.15) is 23.6 Å². The first-order valence-electron chi connectivity index (χ1n) is 8.61. The van der Waals surface area contributed by atoms with Crippen LogP contribution in [0.3, 0.4) is 0 Å². The summed E-state index contributed by atoms with van der Waals surface area (Å²) < 4.78 is 11.1. The predicted octanol–water partition coefficient (Wildman–Crippen LogP) is 3.12. The lowest BCUT2D eigenvalue weighted by Gasteiger charge is -2.06. The summed E-state index contributed by atoms with van der Waals surface area (Å²) in [4.78, 5) is 16.1. The second-order valence-electron chi connectivity index (χ2n) is 5.86. The Morgan fingerprint density at radius 2 is 1.93 bits per heavy atom. The van der Waals surface area contributed by atoms with Crippen molar-refractivity contribution in [2.45, 2.75) is 6.92 Å². The Morgan fingerprint density at radius 1 is 1.07 bits per heavy atom. The highest BCUT2D eigenvalue weighted by molar-refractivity contribution is 5.84. The maximum atomic E-state index is 11.8. The van der Waals surface area contributed by atoms with E-state index in [2.05, 4.69) is 22.1 Å². The van der Waals surface area contributed by atoms with E-state index in [0.29, 0.717) is 11.5 Å². The number of nitrogens with one attached hydrogen (secondary N) is 1. The fraction of sp³-hybridized carbons (Fsp3) is 0.182. The van der Waals surface area contributed by atoms with Crippen LogP contribution < -0.4 is 14.8 Å². The summed E-state index contributed by atoms with van der Waals surface area (Å²) in [6, 6.07) is 17.2. The van der Waals surface area contributed by atoms with Crippen LogP contribution in [0.4, 0.5) is 0 Å². The van der Waals surface area contributed by atoms with Gasteiger partial charge < -0.3 is 14.8 Å². The van der Waals surface area contributed by atoms with Gasteiger partial charge in [0.25, 0.3) is 5.91 Å². The molecule has 2 aromatic carbocycles. The summed E-state index contributed by atoms with van der Waals surface area (Å²) in [5.74, 6) is 6.89. The molecule has 1 N–H and O–H groups in total. The Balaban J connectivity index is 1.40. The fourth-order valence-corrected chi connectivity index (χ4v) is 2.47. The van der Waals surface area contributed by atoms with E-state index < -0.39 is 0 Å².